The highest BCUT2D eigenvalue weighted by Crippen LogP contribution is 2.34. The van der Waals surface area contributed by atoms with Crippen LogP contribution in [0, 0.1) is 0 Å². The Morgan fingerprint density at radius 3 is 2.58 bits per heavy atom. The van der Waals surface area contributed by atoms with Crippen molar-refractivity contribution in [1.29, 1.82) is 0 Å². The molecule has 4 N–H and O–H groups in total. The molecular formula is C14H19N3O6S. The lowest BCUT2D eigenvalue weighted by atomic mass is 10.1. The monoisotopic (exact) mass is 357 g/mol. The molecule has 0 spiro atoms. The first-order chi connectivity index (χ1) is 11.3. The van der Waals surface area contributed by atoms with E-state index in [-0.39, 0.29) is 18.8 Å². The number of hydrogen-bond donors (Lipinski definition) is 3. The molecule has 0 radical (unpaired) electrons. The van der Waals surface area contributed by atoms with Crippen LogP contribution in [0.4, 0.5) is 0 Å². The van der Waals surface area contributed by atoms with E-state index in [0.717, 1.165) is 0 Å². The first kappa shape index (κ1) is 18.0. The van der Waals surface area contributed by atoms with E-state index in [1.807, 2.05) is 0 Å². The third-order valence-corrected chi connectivity index (χ3v) is 4.40. The molecule has 1 aromatic carbocycles. The number of amides is 1. The zero-order valence-electron chi connectivity index (χ0n) is 13.2. The lowest BCUT2D eigenvalue weighted by Crippen LogP contribution is -2.55. The van der Waals surface area contributed by atoms with Gasteiger partial charge in [0.1, 0.15) is 11.5 Å². The molecule has 24 heavy (non-hydrogen) atoms. The van der Waals surface area contributed by atoms with Crippen LogP contribution in [0.3, 0.4) is 0 Å². The fourth-order valence-corrected chi connectivity index (χ4v) is 3.23. The number of nitrogens with two attached hydrogens (primary N) is 1. The predicted molar refractivity (Wildman–Crippen MR) is 86.8 cm³/mol. The van der Waals surface area contributed by atoms with Gasteiger partial charge in [0.2, 0.25) is 11.4 Å². The minimum atomic E-state index is -4.57. The van der Waals surface area contributed by atoms with Gasteiger partial charge in [-0.2, -0.15) is 8.42 Å². The summed E-state index contributed by atoms with van der Waals surface area (Å²) < 4.78 is 43.1. The summed E-state index contributed by atoms with van der Waals surface area (Å²) in [6.45, 7) is 0.198. The Balaban J connectivity index is 2.59. The second-order valence-corrected chi connectivity index (χ2v) is 6.43. The molecule has 0 aliphatic carbocycles. The van der Waals surface area contributed by atoms with Crippen molar-refractivity contribution in [2.45, 2.75) is 5.50 Å². The average Bonchev–Trinajstić information content (AvgIpc) is 2.54. The maximum Gasteiger partial charge on any atom is 0.306 e. The third kappa shape index (κ3) is 3.61. The molecule has 0 saturated carbocycles. The number of rotatable bonds is 6. The standard InChI is InChI=1S/C14H19N3O6S/c1-22-9-3-4-10(12(7-9)23-2)11-8-13(18)16-14(24(19,20)21)17(11)6-5-15/h3-4,7-8,14H,5-6,15H2,1-2H3,(H,16,18)(H,19,20,21). The van der Waals surface area contributed by atoms with Crippen LogP contribution >= 0.6 is 0 Å². The molecule has 1 aliphatic rings. The molecule has 0 bridgehead atoms. The van der Waals surface area contributed by atoms with E-state index in [9.17, 15) is 17.8 Å². The number of nitrogens with one attached hydrogen (secondary N) is 1. The van der Waals surface area contributed by atoms with Gasteiger partial charge in [-0.3, -0.25) is 9.35 Å². The predicted octanol–water partition coefficient (Wildman–Crippen LogP) is -0.393. The lowest BCUT2D eigenvalue weighted by Gasteiger charge is -2.36. The SMILES string of the molecule is COc1ccc(C2=CC(=O)NC(S(=O)(=O)O)N2CCN)c(OC)c1. The smallest absolute Gasteiger partial charge is 0.306 e. The van der Waals surface area contributed by atoms with Gasteiger partial charge in [-0.15, -0.1) is 0 Å². The molecular weight excluding hydrogens is 338 g/mol. The molecule has 1 aromatic rings. The largest absolute Gasteiger partial charge is 0.497 e. The van der Waals surface area contributed by atoms with Gasteiger partial charge in [-0.1, -0.05) is 0 Å². The molecule has 132 valence electrons. The fourth-order valence-electron chi connectivity index (χ4n) is 2.43. The zero-order valence-corrected chi connectivity index (χ0v) is 14.0. The summed E-state index contributed by atoms with van der Waals surface area (Å²) in [6, 6.07) is 4.88. The van der Waals surface area contributed by atoms with Crippen molar-refractivity contribution in [2.75, 3.05) is 27.3 Å². The molecule has 0 aromatic heterocycles. The summed E-state index contributed by atoms with van der Waals surface area (Å²) in [7, 11) is -1.63. The molecule has 1 unspecified atom stereocenters. The molecule has 9 nitrogen and oxygen atoms in total. The molecule has 1 amide bonds. The second-order valence-electron chi connectivity index (χ2n) is 4.95. The quantitative estimate of drug-likeness (QED) is 0.587. The van der Waals surface area contributed by atoms with Gasteiger partial charge in [0.15, 0.2) is 0 Å². The van der Waals surface area contributed by atoms with Crippen molar-refractivity contribution in [3.8, 4) is 11.5 Å². The molecule has 1 aliphatic heterocycles. The minimum absolute atomic E-state index is 0.0890. The van der Waals surface area contributed by atoms with Gasteiger partial charge in [-0.05, 0) is 12.1 Å². The normalized spacial score (nSPS) is 18.0. The van der Waals surface area contributed by atoms with Crippen molar-refractivity contribution in [3.05, 3.63) is 29.8 Å². The number of nitrogens with zero attached hydrogens (tertiary/aromatic N) is 1. The van der Waals surface area contributed by atoms with Crippen LogP contribution in [0.25, 0.3) is 5.70 Å². The summed E-state index contributed by atoms with van der Waals surface area (Å²) in [4.78, 5) is 13.2. The average molecular weight is 357 g/mol. The summed E-state index contributed by atoms with van der Waals surface area (Å²) in [5, 5.41) is 2.20. The van der Waals surface area contributed by atoms with Crippen LogP contribution in [-0.2, 0) is 14.9 Å². The Morgan fingerprint density at radius 2 is 2.04 bits per heavy atom. The van der Waals surface area contributed by atoms with Gasteiger partial charge in [0.05, 0.1) is 19.9 Å². The molecule has 2 rings (SSSR count). The van der Waals surface area contributed by atoms with E-state index in [1.54, 1.807) is 18.2 Å². The zero-order chi connectivity index (χ0) is 17.9. The number of benzene rings is 1. The number of hydrogen-bond acceptors (Lipinski definition) is 7. The maximum absolute atomic E-state index is 11.9. The third-order valence-electron chi connectivity index (χ3n) is 3.46. The number of methoxy groups -OCH3 is 2. The van der Waals surface area contributed by atoms with Crippen LogP contribution in [0.1, 0.15) is 5.56 Å². The Hall–Kier alpha value is -2.30. The first-order valence-electron chi connectivity index (χ1n) is 6.99. The molecule has 10 heteroatoms. The summed E-state index contributed by atoms with van der Waals surface area (Å²) in [5.41, 5.74) is 4.66. The summed E-state index contributed by atoms with van der Waals surface area (Å²) >= 11 is 0. The fraction of sp³-hybridized carbons (Fsp3) is 0.357. The van der Waals surface area contributed by atoms with E-state index in [2.05, 4.69) is 5.32 Å². The number of ether oxygens (including phenoxy) is 2. The highest BCUT2D eigenvalue weighted by molar-refractivity contribution is 7.86. The van der Waals surface area contributed by atoms with Gasteiger partial charge in [0.25, 0.3) is 0 Å². The van der Waals surface area contributed by atoms with E-state index in [4.69, 9.17) is 15.2 Å². The van der Waals surface area contributed by atoms with E-state index in [1.165, 1.54) is 25.2 Å². The van der Waals surface area contributed by atoms with Crippen molar-refractivity contribution in [1.82, 2.24) is 10.2 Å². The van der Waals surface area contributed by atoms with Crippen molar-refractivity contribution in [2.24, 2.45) is 5.73 Å². The molecule has 1 atom stereocenters. The van der Waals surface area contributed by atoms with Crippen LogP contribution < -0.4 is 20.5 Å². The van der Waals surface area contributed by atoms with Crippen molar-refractivity contribution in [3.63, 3.8) is 0 Å². The second kappa shape index (κ2) is 7.07. The van der Waals surface area contributed by atoms with Gasteiger partial charge in [0, 0.05) is 30.8 Å². The van der Waals surface area contributed by atoms with E-state index < -0.39 is 21.5 Å². The Morgan fingerprint density at radius 1 is 1.33 bits per heavy atom. The Bertz CT molecular complexity index is 762. The highest BCUT2D eigenvalue weighted by Gasteiger charge is 2.37. The Kier molecular flexibility index (Phi) is 5.32. The number of carbonyl (C=O) groups excluding carboxylic acids is 1. The van der Waals surface area contributed by atoms with Crippen molar-refractivity contribution < 1.29 is 27.2 Å². The van der Waals surface area contributed by atoms with Crippen LogP contribution in [0.15, 0.2) is 24.3 Å². The highest BCUT2D eigenvalue weighted by atomic mass is 32.2. The first-order valence-corrected chi connectivity index (χ1v) is 8.49. The molecule has 0 fully saturated rings. The van der Waals surface area contributed by atoms with Crippen LogP contribution in [-0.4, -0.2) is 56.6 Å². The lowest BCUT2D eigenvalue weighted by molar-refractivity contribution is -0.118. The minimum Gasteiger partial charge on any atom is -0.497 e. The van der Waals surface area contributed by atoms with Crippen molar-refractivity contribution >= 4 is 21.7 Å². The van der Waals surface area contributed by atoms with Gasteiger partial charge < -0.3 is 25.4 Å². The summed E-state index contributed by atoms with van der Waals surface area (Å²) in [6.07, 6.45) is 1.22. The van der Waals surface area contributed by atoms with Gasteiger partial charge in [-0.25, -0.2) is 0 Å². The topological polar surface area (TPSA) is 131 Å². The van der Waals surface area contributed by atoms with Gasteiger partial charge >= 0.3 is 10.1 Å². The Labute approximate surface area is 139 Å². The number of carbonyl (C=O) groups is 1. The molecule has 1 heterocycles. The van der Waals surface area contributed by atoms with Crippen LogP contribution in [0.2, 0.25) is 0 Å². The van der Waals surface area contributed by atoms with E-state index in [0.29, 0.717) is 17.1 Å². The van der Waals surface area contributed by atoms with Crippen LogP contribution in [0.5, 0.6) is 11.5 Å². The molecule has 0 saturated heterocycles. The maximum atomic E-state index is 11.9. The summed E-state index contributed by atoms with van der Waals surface area (Å²) in [5.74, 6) is 0.262. The van der Waals surface area contributed by atoms with E-state index >= 15 is 0 Å².